The summed E-state index contributed by atoms with van der Waals surface area (Å²) >= 11 is 13.7. The summed E-state index contributed by atoms with van der Waals surface area (Å²) in [7, 11) is 0. The van der Waals surface area contributed by atoms with Crippen LogP contribution in [0, 0.1) is 5.92 Å². The lowest BCUT2D eigenvalue weighted by Gasteiger charge is -2.21. The summed E-state index contributed by atoms with van der Waals surface area (Å²) in [4.78, 5) is 19.1. The van der Waals surface area contributed by atoms with Crippen LogP contribution in [0.25, 0.3) is 0 Å². The number of alkyl halides is 2. The predicted molar refractivity (Wildman–Crippen MR) is 96.0 cm³/mol. The number of carbonyl (C=O) groups excluding carboxylic acids is 1. The molecule has 0 aromatic heterocycles. The molecule has 0 spiro atoms. The number of nitrogens with zero attached hydrogens (tertiary/aromatic N) is 2. The van der Waals surface area contributed by atoms with Gasteiger partial charge in [0.15, 0.2) is 5.17 Å². The Morgan fingerprint density at radius 3 is 2.83 bits per heavy atom. The Labute approximate surface area is 150 Å². The van der Waals surface area contributed by atoms with Gasteiger partial charge in [-0.2, -0.15) is 0 Å². The van der Waals surface area contributed by atoms with Crippen LogP contribution in [0.1, 0.15) is 20.3 Å². The first-order valence-corrected chi connectivity index (χ1v) is 9.32. The molecule has 1 saturated heterocycles. The van der Waals surface area contributed by atoms with E-state index < -0.39 is 4.33 Å². The Bertz CT molecular complexity index is 651. The highest BCUT2D eigenvalue weighted by Crippen LogP contribution is 2.54. The molecule has 1 aromatic carbocycles. The van der Waals surface area contributed by atoms with Gasteiger partial charge in [-0.1, -0.05) is 23.9 Å². The van der Waals surface area contributed by atoms with E-state index in [1.165, 1.54) is 0 Å². The molecule has 1 heterocycles. The van der Waals surface area contributed by atoms with Crippen LogP contribution in [-0.2, 0) is 4.79 Å². The normalized spacial score (nSPS) is 27.3. The van der Waals surface area contributed by atoms with Crippen molar-refractivity contribution < 1.29 is 9.53 Å². The molecule has 1 amide bonds. The molecule has 7 heteroatoms. The Hall–Kier alpha value is -0.910. The summed E-state index contributed by atoms with van der Waals surface area (Å²) < 4.78 is 4.68. The lowest BCUT2D eigenvalue weighted by atomic mass is 10.3. The van der Waals surface area contributed by atoms with Gasteiger partial charge < -0.3 is 4.74 Å². The van der Waals surface area contributed by atoms with E-state index in [0.29, 0.717) is 23.9 Å². The average molecular weight is 373 g/mol. The molecule has 0 N–H and O–H groups in total. The second kappa shape index (κ2) is 6.54. The summed E-state index contributed by atoms with van der Waals surface area (Å²) in [5, 5.41) is 0.686. The minimum atomic E-state index is -0.918. The number of hydrogen-bond donors (Lipinski definition) is 0. The molecule has 1 aliphatic carbocycles. The SMILES string of the molecule is CCOc1ccccc1N=C1SCC(C)N1C(=O)C1CC1(Cl)Cl. The minimum Gasteiger partial charge on any atom is -0.492 e. The lowest BCUT2D eigenvalue weighted by molar-refractivity contribution is -0.129. The third-order valence-corrected chi connectivity index (χ3v) is 5.87. The number of rotatable bonds is 4. The van der Waals surface area contributed by atoms with Crippen molar-refractivity contribution in [1.29, 1.82) is 0 Å². The van der Waals surface area contributed by atoms with Crippen LogP contribution in [0.4, 0.5) is 5.69 Å². The standard InChI is InChI=1S/C16H18Cl2N2O2S/c1-3-22-13-7-5-4-6-12(13)19-15-20(10(2)9-23-15)14(21)11-8-16(11,17)18/h4-7,10-11H,3,8-9H2,1-2H3. The van der Waals surface area contributed by atoms with Crippen LogP contribution in [0.5, 0.6) is 5.75 Å². The molecule has 0 radical (unpaired) electrons. The van der Waals surface area contributed by atoms with Crippen molar-refractivity contribution in [3.05, 3.63) is 24.3 Å². The first kappa shape index (κ1) is 16.9. The number of para-hydroxylation sites is 2. The van der Waals surface area contributed by atoms with Gasteiger partial charge in [0.05, 0.1) is 12.5 Å². The van der Waals surface area contributed by atoms with Crippen LogP contribution in [0.2, 0.25) is 0 Å². The fraction of sp³-hybridized carbons (Fsp3) is 0.500. The Morgan fingerprint density at radius 1 is 1.48 bits per heavy atom. The van der Waals surface area contributed by atoms with Crippen molar-refractivity contribution in [2.45, 2.75) is 30.6 Å². The third-order valence-electron chi connectivity index (χ3n) is 3.84. The summed E-state index contributed by atoms with van der Waals surface area (Å²) in [6, 6.07) is 7.65. The predicted octanol–water partition coefficient (Wildman–Crippen LogP) is 4.23. The van der Waals surface area contributed by atoms with Gasteiger partial charge in [0.25, 0.3) is 0 Å². The van der Waals surface area contributed by atoms with E-state index in [0.717, 1.165) is 11.4 Å². The summed E-state index contributed by atoms with van der Waals surface area (Å²) in [5.41, 5.74) is 0.725. The average Bonchev–Trinajstić information content (AvgIpc) is 3.00. The molecule has 1 aromatic rings. The minimum absolute atomic E-state index is 0.0415. The number of thioether (sulfide) groups is 1. The Morgan fingerprint density at radius 2 is 2.17 bits per heavy atom. The highest BCUT2D eigenvalue weighted by molar-refractivity contribution is 8.14. The molecule has 4 nitrogen and oxygen atoms in total. The molecule has 2 fully saturated rings. The van der Waals surface area contributed by atoms with Crippen LogP contribution in [0.15, 0.2) is 29.3 Å². The number of ether oxygens (including phenoxy) is 1. The number of amides is 1. The van der Waals surface area contributed by atoms with Gasteiger partial charge in [-0.15, -0.1) is 23.2 Å². The van der Waals surface area contributed by atoms with E-state index in [1.54, 1.807) is 16.7 Å². The highest BCUT2D eigenvalue weighted by Gasteiger charge is 2.58. The molecule has 2 unspecified atom stereocenters. The van der Waals surface area contributed by atoms with Crippen LogP contribution >= 0.6 is 35.0 Å². The smallest absolute Gasteiger partial charge is 0.235 e. The zero-order chi connectivity index (χ0) is 16.6. The van der Waals surface area contributed by atoms with E-state index in [9.17, 15) is 4.79 Å². The second-order valence-corrected chi connectivity index (χ2v) is 8.21. The van der Waals surface area contributed by atoms with Crippen LogP contribution in [0.3, 0.4) is 0 Å². The lowest BCUT2D eigenvalue weighted by Crippen LogP contribution is -2.39. The number of aliphatic imine (C=N–C) groups is 1. The summed E-state index contributed by atoms with van der Waals surface area (Å²) in [6.45, 7) is 4.51. The number of hydrogen-bond acceptors (Lipinski definition) is 4. The maximum atomic E-state index is 12.7. The summed E-state index contributed by atoms with van der Waals surface area (Å²) in [6.07, 6.45) is 0.506. The number of benzene rings is 1. The fourth-order valence-corrected chi connectivity index (χ4v) is 4.11. The topological polar surface area (TPSA) is 41.9 Å². The molecule has 2 aliphatic rings. The molecule has 23 heavy (non-hydrogen) atoms. The van der Waals surface area contributed by atoms with Gasteiger partial charge in [-0.05, 0) is 32.4 Å². The van der Waals surface area contributed by atoms with Gasteiger partial charge >= 0.3 is 0 Å². The zero-order valence-electron chi connectivity index (χ0n) is 13.0. The quantitative estimate of drug-likeness (QED) is 0.742. The largest absolute Gasteiger partial charge is 0.492 e. The van der Waals surface area contributed by atoms with Gasteiger partial charge in [0, 0.05) is 11.8 Å². The van der Waals surface area contributed by atoms with E-state index >= 15 is 0 Å². The van der Waals surface area contributed by atoms with Crippen LogP contribution in [-0.4, -0.2) is 38.7 Å². The van der Waals surface area contributed by atoms with Crippen molar-refractivity contribution >= 4 is 51.7 Å². The molecular formula is C16H18Cl2N2O2S. The van der Waals surface area contributed by atoms with Crippen molar-refractivity contribution in [2.24, 2.45) is 10.9 Å². The molecule has 2 atom stereocenters. The third kappa shape index (κ3) is 3.47. The number of carbonyl (C=O) groups is 1. The van der Waals surface area contributed by atoms with Gasteiger partial charge in [0.2, 0.25) is 5.91 Å². The zero-order valence-corrected chi connectivity index (χ0v) is 15.3. The van der Waals surface area contributed by atoms with Crippen molar-refractivity contribution in [3.63, 3.8) is 0 Å². The monoisotopic (exact) mass is 372 g/mol. The van der Waals surface area contributed by atoms with E-state index in [-0.39, 0.29) is 17.9 Å². The summed E-state index contributed by atoms with van der Waals surface area (Å²) in [5.74, 6) is 1.15. The van der Waals surface area contributed by atoms with Crippen LogP contribution < -0.4 is 4.74 Å². The van der Waals surface area contributed by atoms with Gasteiger partial charge in [-0.3, -0.25) is 9.69 Å². The highest BCUT2D eigenvalue weighted by atomic mass is 35.5. The second-order valence-electron chi connectivity index (χ2n) is 5.68. The van der Waals surface area contributed by atoms with E-state index in [1.807, 2.05) is 38.1 Å². The van der Waals surface area contributed by atoms with Crippen molar-refractivity contribution in [1.82, 2.24) is 4.90 Å². The van der Waals surface area contributed by atoms with E-state index in [2.05, 4.69) is 4.99 Å². The molecule has 0 bridgehead atoms. The number of amidine groups is 1. The van der Waals surface area contributed by atoms with E-state index in [4.69, 9.17) is 27.9 Å². The maximum absolute atomic E-state index is 12.7. The molecule has 1 aliphatic heterocycles. The Balaban J connectivity index is 1.87. The number of halogens is 2. The molecule has 124 valence electrons. The fourth-order valence-electron chi connectivity index (χ4n) is 2.50. The molecule has 1 saturated carbocycles. The van der Waals surface area contributed by atoms with Gasteiger partial charge in [0.1, 0.15) is 15.8 Å². The molecule has 3 rings (SSSR count). The van der Waals surface area contributed by atoms with Crippen molar-refractivity contribution in [3.8, 4) is 5.75 Å². The maximum Gasteiger partial charge on any atom is 0.235 e. The molecular weight excluding hydrogens is 355 g/mol. The van der Waals surface area contributed by atoms with Crippen molar-refractivity contribution in [2.75, 3.05) is 12.4 Å². The first-order valence-electron chi connectivity index (χ1n) is 7.58. The first-order chi connectivity index (χ1) is 10.9. The van der Waals surface area contributed by atoms with Gasteiger partial charge in [-0.25, -0.2) is 4.99 Å². The Kier molecular flexibility index (Phi) is 4.81.